The third-order valence-corrected chi connectivity index (χ3v) is 11.9. The Kier molecular flexibility index (Phi) is 7.39. The summed E-state index contributed by atoms with van der Waals surface area (Å²) in [5.41, 5.74) is 16.8. The molecule has 2 unspecified atom stereocenters. The highest BCUT2D eigenvalue weighted by Crippen LogP contribution is 2.49. The van der Waals surface area contributed by atoms with Crippen molar-refractivity contribution in [1.29, 1.82) is 0 Å². The van der Waals surface area contributed by atoms with Crippen LogP contribution in [0.5, 0.6) is 0 Å². The number of fused-ring (bicyclic) bond motifs is 6. The molecular formula is C49H41N5. The number of aryl methyl sites for hydroxylation is 1. The molecule has 2 aliphatic heterocycles. The first-order valence-corrected chi connectivity index (χ1v) is 19.6. The van der Waals surface area contributed by atoms with Crippen molar-refractivity contribution in [3.05, 3.63) is 190 Å². The first kappa shape index (κ1) is 31.3. The maximum atomic E-state index is 5.22. The second-order valence-corrected chi connectivity index (χ2v) is 15.1. The van der Waals surface area contributed by atoms with Gasteiger partial charge < -0.3 is 14.8 Å². The van der Waals surface area contributed by atoms with Gasteiger partial charge >= 0.3 is 0 Å². The number of nitrogens with one attached hydrogen (secondary N) is 1. The van der Waals surface area contributed by atoms with E-state index >= 15 is 0 Å². The number of hydrogen-bond donors (Lipinski definition) is 1. The van der Waals surface area contributed by atoms with Crippen LogP contribution in [0.25, 0.3) is 28.7 Å². The molecule has 0 radical (unpaired) electrons. The Bertz CT molecular complexity index is 2620. The Morgan fingerprint density at radius 2 is 1.56 bits per heavy atom. The highest BCUT2D eigenvalue weighted by atomic mass is 15.2. The largest absolute Gasteiger partial charge is 0.344 e. The zero-order valence-electron chi connectivity index (χ0n) is 30.2. The van der Waals surface area contributed by atoms with Gasteiger partial charge in [0.2, 0.25) is 0 Å². The summed E-state index contributed by atoms with van der Waals surface area (Å²) in [4.78, 5) is 12.9. The van der Waals surface area contributed by atoms with Crippen molar-refractivity contribution in [3.63, 3.8) is 0 Å². The predicted octanol–water partition coefficient (Wildman–Crippen LogP) is 10.6. The molecule has 262 valence electrons. The Morgan fingerprint density at radius 3 is 2.48 bits per heavy atom. The minimum Gasteiger partial charge on any atom is -0.344 e. The molecule has 2 atom stereocenters. The van der Waals surface area contributed by atoms with E-state index in [2.05, 4.69) is 154 Å². The molecule has 0 amide bonds. The average molecular weight is 700 g/mol. The molecule has 5 nitrogen and oxygen atoms in total. The Labute approximate surface area is 316 Å². The molecule has 0 fully saturated rings. The third kappa shape index (κ3) is 5.13. The average Bonchev–Trinajstić information content (AvgIpc) is 3.75. The summed E-state index contributed by atoms with van der Waals surface area (Å²) < 4.78 is 2.48. The van der Waals surface area contributed by atoms with Gasteiger partial charge in [-0.1, -0.05) is 103 Å². The normalized spacial score (nSPS) is 21.1. The van der Waals surface area contributed by atoms with Gasteiger partial charge in [0.1, 0.15) is 12.0 Å². The topological polar surface area (TPSA) is 44.9 Å². The summed E-state index contributed by atoms with van der Waals surface area (Å²) >= 11 is 0. The summed E-state index contributed by atoms with van der Waals surface area (Å²) in [5, 5.41) is 5.01. The molecule has 0 saturated heterocycles. The fraction of sp³-hybridized carbons (Fsp3) is 0.184. The molecule has 5 aromatic rings. The standard InChI is InChI=1S/C49H41N5/c1-3-14-32(15-4-1)47-50-48(33-16-5-2-6-17-33)52-49(51-47)35-18-13-19-37(28-35)54-45-25-12-9-22-41(45)42-30-36-29-38(27-26-34(36)31-46(42)54)53-43-23-10-7-20-39(43)40-21-8-11-24-44(40)53/h1,3-5,7,9-11,13-20,22-24,26-29,31,42,48H,2,6,8,12,21,25,30H2,(H,50,51,52). The Balaban J connectivity index is 0.991. The monoisotopic (exact) mass is 699 g/mol. The van der Waals surface area contributed by atoms with Gasteiger partial charge in [-0.25, -0.2) is 9.98 Å². The van der Waals surface area contributed by atoms with Crippen molar-refractivity contribution in [2.45, 2.75) is 51.1 Å². The van der Waals surface area contributed by atoms with Crippen LogP contribution in [0, 0.1) is 5.92 Å². The maximum Gasteiger partial charge on any atom is 0.159 e. The van der Waals surface area contributed by atoms with Crippen molar-refractivity contribution < 1.29 is 0 Å². The highest BCUT2D eigenvalue weighted by molar-refractivity contribution is 6.13. The number of amidine groups is 2. The molecule has 1 aromatic heterocycles. The SMILES string of the molecule is C1=CC(C2N=C(c3cccc(N4C5=Cc6ccc(-n7c8c(c9ccccc97)CCC=C8)cc6CC5C5=C4CCC=C5)c3)N=C(c3ccccc3)N2)=CCC1. The number of anilines is 1. The minimum atomic E-state index is -0.185. The second-order valence-electron chi connectivity index (χ2n) is 15.1. The molecule has 6 aliphatic rings. The van der Waals surface area contributed by atoms with Crippen LogP contribution in [0.1, 0.15) is 65.6 Å². The summed E-state index contributed by atoms with van der Waals surface area (Å²) in [6.07, 6.45) is 25.8. The molecule has 11 rings (SSSR count). The number of rotatable bonds is 5. The van der Waals surface area contributed by atoms with E-state index in [0.29, 0.717) is 5.92 Å². The Morgan fingerprint density at radius 1 is 0.704 bits per heavy atom. The van der Waals surface area contributed by atoms with Crippen LogP contribution in [0.15, 0.2) is 166 Å². The molecule has 5 heteroatoms. The van der Waals surface area contributed by atoms with Crippen LogP contribution in [0.3, 0.4) is 0 Å². The first-order chi connectivity index (χ1) is 26.8. The number of hydrogen-bond acceptors (Lipinski definition) is 4. The van der Waals surface area contributed by atoms with Gasteiger partial charge in [-0.2, -0.15) is 0 Å². The molecular weight excluding hydrogens is 659 g/mol. The lowest BCUT2D eigenvalue weighted by Crippen LogP contribution is -2.40. The van der Waals surface area contributed by atoms with Gasteiger partial charge in [-0.3, -0.25) is 0 Å². The molecule has 3 heterocycles. The van der Waals surface area contributed by atoms with E-state index in [9.17, 15) is 0 Å². The van der Waals surface area contributed by atoms with Crippen LogP contribution in [-0.4, -0.2) is 22.4 Å². The number of nitrogens with zero attached hydrogens (tertiary/aromatic N) is 4. The second kappa shape index (κ2) is 12.7. The van der Waals surface area contributed by atoms with Gasteiger partial charge in [0.15, 0.2) is 5.84 Å². The smallest absolute Gasteiger partial charge is 0.159 e. The first-order valence-electron chi connectivity index (χ1n) is 19.6. The van der Waals surface area contributed by atoms with Gasteiger partial charge in [0, 0.05) is 50.9 Å². The summed E-state index contributed by atoms with van der Waals surface area (Å²) in [6.45, 7) is 0. The summed E-state index contributed by atoms with van der Waals surface area (Å²) in [6, 6.07) is 35.4. The van der Waals surface area contributed by atoms with Crippen LogP contribution in [0.4, 0.5) is 5.69 Å². The molecule has 1 N–H and O–H groups in total. The van der Waals surface area contributed by atoms with Gasteiger partial charge in [-0.05, 0) is 115 Å². The van der Waals surface area contributed by atoms with E-state index in [1.54, 1.807) is 0 Å². The van der Waals surface area contributed by atoms with E-state index < -0.39 is 0 Å². The zero-order valence-corrected chi connectivity index (χ0v) is 30.2. The highest BCUT2D eigenvalue weighted by Gasteiger charge is 2.39. The lowest BCUT2D eigenvalue weighted by Gasteiger charge is -2.30. The zero-order chi connectivity index (χ0) is 35.6. The van der Waals surface area contributed by atoms with E-state index in [1.807, 2.05) is 6.07 Å². The molecule has 54 heavy (non-hydrogen) atoms. The summed E-state index contributed by atoms with van der Waals surface area (Å²) in [5.74, 6) is 1.93. The number of benzene rings is 4. The van der Waals surface area contributed by atoms with Crippen LogP contribution in [0.2, 0.25) is 0 Å². The molecule has 0 spiro atoms. The minimum absolute atomic E-state index is 0.185. The summed E-state index contributed by atoms with van der Waals surface area (Å²) in [7, 11) is 0. The Hall–Kier alpha value is -6.20. The number of allylic oxidation sites excluding steroid dienone is 7. The third-order valence-electron chi connectivity index (χ3n) is 11.9. The predicted molar refractivity (Wildman–Crippen MR) is 223 cm³/mol. The van der Waals surface area contributed by atoms with Gasteiger partial charge in [-0.15, -0.1) is 0 Å². The van der Waals surface area contributed by atoms with Crippen molar-refractivity contribution in [2.24, 2.45) is 15.9 Å². The molecule has 0 saturated carbocycles. The number of aliphatic imine (C=N–C) groups is 2. The fourth-order valence-corrected chi connectivity index (χ4v) is 9.39. The van der Waals surface area contributed by atoms with E-state index in [1.165, 1.54) is 67.2 Å². The van der Waals surface area contributed by atoms with Gasteiger partial charge in [0.25, 0.3) is 0 Å². The quantitative estimate of drug-likeness (QED) is 0.198. The lowest BCUT2D eigenvalue weighted by atomic mass is 9.82. The maximum absolute atomic E-state index is 5.22. The van der Waals surface area contributed by atoms with Crippen LogP contribution in [-0.2, 0) is 12.8 Å². The molecule has 4 aliphatic carbocycles. The van der Waals surface area contributed by atoms with Gasteiger partial charge in [0.05, 0.1) is 5.52 Å². The van der Waals surface area contributed by atoms with E-state index in [4.69, 9.17) is 9.98 Å². The van der Waals surface area contributed by atoms with Crippen LogP contribution < -0.4 is 10.2 Å². The van der Waals surface area contributed by atoms with Crippen molar-refractivity contribution in [2.75, 3.05) is 4.90 Å². The van der Waals surface area contributed by atoms with Crippen molar-refractivity contribution in [1.82, 2.24) is 9.88 Å². The van der Waals surface area contributed by atoms with E-state index in [-0.39, 0.29) is 6.17 Å². The number of para-hydroxylation sites is 1. The molecule has 0 bridgehead atoms. The van der Waals surface area contributed by atoms with Crippen LogP contribution >= 0.6 is 0 Å². The molecule has 4 aromatic carbocycles. The van der Waals surface area contributed by atoms with E-state index in [0.717, 1.165) is 67.7 Å². The fourth-order valence-electron chi connectivity index (χ4n) is 9.39. The number of aromatic nitrogens is 1. The van der Waals surface area contributed by atoms with Crippen molar-refractivity contribution >= 4 is 40.4 Å². The lowest BCUT2D eigenvalue weighted by molar-refractivity contribution is 0.721. The van der Waals surface area contributed by atoms with Crippen molar-refractivity contribution in [3.8, 4) is 5.69 Å².